The topological polar surface area (TPSA) is 151 Å². The smallest absolute Gasteiger partial charge is 0.550 e. The molecule has 0 aliphatic carbocycles. The number of carboxylic acid groups (broad SMARTS) is 2. The predicted octanol–water partition coefficient (Wildman–Crippen LogP) is 11.1. The molecule has 4 atom stereocenters. The van der Waals surface area contributed by atoms with E-state index < -0.39 is 11.9 Å². The molecule has 0 aliphatic rings. The summed E-state index contributed by atoms with van der Waals surface area (Å²) < 4.78 is 23.3. The summed E-state index contributed by atoms with van der Waals surface area (Å²) in [5, 5.41) is 20.7. The van der Waals surface area contributed by atoms with Gasteiger partial charge in [0.05, 0.1) is 25.4 Å². The Morgan fingerprint density at radius 3 is 0.969 bits per heavy atom. The molecule has 2 rings (SSSR count). The molecule has 0 saturated heterocycles. The molecule has 2 aromatic carbocycles. The zero-order valence-corrected chi connectivity index (χ0v) is 45.5. The van der Waals surface area contributed by atoms with Gasteiger partial charge in [-0.2, -0.15) is 0 Å². The summed E-state index contributed by atoms with van der Waals surface area (Å²) in [6, 6.07) is 20.4. The van der Waals surface area contributed by atoms with Crippen LogP contribution in [0.4, 0.5) is 0 Å². The zero-order chi connectivity index (χ0) is 46.9. The molecule has 0 saturated carbocycles. The van der Waals surface area contributed by atoms with Crippen LogP contribution >= 0.6 is 0 Å². The number of carbonyl (C=O) groups excluding carboxylic acids is 4. The van der Waals surface area contributed by atoms with E-state index in [1.807, 2.05) is 50.2 Å². The van der Waals surface area contributed by atoms with Gasteiger partial charge in [-0.25, -0.2) is 0 Å². The Labute approximate surface area is 434 Å². The van der Waals surface area contributed by atoms with E-state index in [1.54, 1.807) is 0 Å². The number of esters is 2. The molecule has 0 bridgehead atoms. The van der Waals surface area contributed by atoms with Gasteiger partial charge >= 0.3 is 60.8 Å². The number of hydrogen-bond acceptors (Lipinski definition) is 10. The predicted molar refractivity (Wildman–Crippen MR) is 258 cm³/mol. The van der Waals surface area contributed by atoms with Crippen LogP contribution in [0.25, 0.3) is 0 Å². The summed E-state index contributed by atoms with van der Waals surface area (Å²) in [5.41, 5.74) is 2.33. The summed E-state index contributed by atoms with van der Waals surface area (Å²) in [7, 11) is 0. The summed E-state index contributed by atoms with van der Waals surface area (Å²) in [6.07, 6.45) is 28.1. The van der Waals surface area contributed by atoms with Crippen molar-refractivity contribution in [3.8, 4) is 0 Å². The van der Waals surface area contributed by atoms with Crippen LogP contribution in [-0.4, -0.2) is 97.2 Å². The molecule has 0 radical (unpaired) electrons. The van der Waals surface area contributed by atoms with Crippen molar-refractivity contribution in [2.24, 2.45) is 0 Å². The molecule has 0 amide bonds. The Kier molecular flexibility index (Phi) is 42.8. The maximum atomic E-state index is 11.4. The standard InChI is InChI=1S/2C27H44O5.Ba/c2*1-3-25(32-23(2)28)21-26(31-22-24-17-13-12-14-18-24)19-15-10-8-6-4-5-7-9-11-16-20-27(29)30;/h2*12-14,17-18,25-26H,3-11,15-16,19-22H2,1-2H3,(H,29,30);/q;;+2/p-2. The van der Waals surface area contributed by atoms with Crippen LogP contribution in [0.3, 0.4) is 0 Å². The molecule has 0 aliphatic heterocycles. The fourth-order valence-electron chi connectivity index (χ4n) is 7.88. The third-order valence-corrected chi connectivity index (χ3v) is 11.6. The number of carbonyl (C=O) groups is 4. The van der Waals surface area contributed by atoms with Crippen molar-refractivity contribution in [2.75, 3.05) is 0 Å². The summed E-state index contributed by atoms with van der Waals surface area (Å²) in [5.74, 6) is -2.32. The van der Waals surface area contributed by atoms with Gasteiger partial charge in [0.2, 0.25) is 0 Å². The number of unbranched alkanes of at least 4 members (excludes halogenated alkanes) is 18. The van der Waals surface area contributed by atoms with Crippen LogP contribution in [0, 0.1) is 0 Å². The van der Waals surface area contributed by atoms with Gasteiger partial charge in [-0.1, -0.05) is 190 Å². The van der Waals surface area contributed by atoms with Gasteiger partial charge in [0.25, 0.3) is 0 Å². The zero-order valence-electron chi connectivity index (χ0n) is 41.1. The second-order valence-electron chi connectivity index (χ2n) is 17.5. The molecule has 65 heavy (non-hydrogen) atoms. The Morgan fingerprint density at radius 2 is 0.708 bits per heavy atom. The van der Waals surface area contributed by atoms with Crippen LogP contribution in [0.15, 0.2) is 60.7 Å². The molecule has 364 valence electrons. The molecule has 10 nitrogen and oxygen atoms in total. The van der Waals surface area contributed by atoms with E-state index in [1.165, 1.54) is 90.9 Å². The maximum absolute atomic E-state index is 11.4. The van der Waals surface area contributed by atoms with Crippen LogP contribution in [0.5, 0.6) is 0 Å². The molecule has 4 unspecified atom stereocenters. The number of hydrogen-bond donors (Lipinski definition) is 0. The van der Waals surface area contributed by atoms with Crippen molar-refractivity contribution in [3.05, 3.63) is 71.8 Å². The molecule has 0 aromatic heterocycles. The second kappa shape index (κ2) is 44.3. The molecule has 0 fully saturated rings. The van der Waals surface area contributed by atoms with E-state index in [-0.39, 0.29) is 98.1 Å². The van der Waals surface area contributed by atoms with Gasteiger partial charge in [0.1, 0.15) is 12.2 Å². The minimum Gasteiger partial charge on any atom is -0.550 e. The number of rotatable bonds is 40. The Balaban J connectivity index is 0.00000124. The normalized spacial score (nSPS) is 12.7. The third kappa shape index (κ3) is 40.6. The van der Waals surface area contributed by atoms with E-state index in [2.05, 4.69) is 24.3 Å². The molecule has 0 spiro atoms. The van der Waals surface area contributed by atoms with E-state index in [0.29, 0.717) is 13.2 Å². The average Bonchev–Trinajstić information content (AvgIpc) is 3.27. The number of benzene rings is 2. The van der Waals surface area contributed by atoms with Gasteiger partial charge < -0.3 is 38.7 Å². The average molecular weight is 1030 g/mol. The Morgan fingerprint density at radius 1 is 0.431 bits per heavy atom. The first-order valence-corrected chi connectivity index (χ1v) is 25.1. The molecule has 0 N–H and O–H groups in total. The second-order valence-corrected chi connectivity index (χ2v) is 17.5. The fraction of sp³-hybridized carbons (Fsp3) is 0.704. The van der Waals surface area contributed by atoms with Gasteiger partial charge in [-0.3, -0.25) is 9.59 Å². The summed E-state index contributed by atoms with van der Waals surface area (Å²) in [6.45, 7) is 8.21. The van der Waals surface area contributed by atoms with Gasteiger partial charge in [-0.15, -0.1) is 0 Å². The van der Waals surface area contributed by atoms with Crippen molar-refractivity contribution in [3.63, 3.8) is 0 Å². The Hall–Kier alpha value is -2.19. The number of aliphatic carboxylic acids is 2. The fourth-order valence-corrected chi connectivity index (χ4v) is 7.88. The number of carboxylic acids is 2. The van der Waals surface area contributed by atoms with Gasteiger partial charge in [0.15, 0.2) is 0 Å². The monoisotopic (exact) mass is 1030 g/mol. The first-order chi connectivity index (χ1) is 31.0. The summed E-state index contributed by atoms with van der Waals surface area (Å²) in [4.78, 5) is 43.5. The van der Waals surface area contributed by atoms with Crippen molar-refractivity contribution < 1.29 is 48.3 Å². The third-order valence-electron chi connectivity index (χ3n) is 11.6. The van der Waals surface area contributed by atoms with Crippen molar-refractivity contribution in [1.82, 2.24) is 0 Å². The van der Waals surface area contributed by atoms with Crippen LogP contribution < -0.4 is 10.2 Å². The first-order valence-electron chi connectivity index (χ1n) is 25.1. The van der Waals surface area contributed by atoms with Crippen LogP contribution in [0.2, 0.25) is 0 Å². The number of ether oxygens (including phenoxy) is 4. The minimum absolute atomic E-state index is 0. The van der Waals surface area contributed by atoms with Crippen molar-refractivity contribution in [2.45, 2.75) is 245 Å². The van der Waals surface area contributed by atoms with Gasteiger partial charge in [0, 0.05) is 38.6 Å². The largest absolute Gasteiger partial charge is 2.00 e. The van der Waals surface area contributed by atoms with Crippen LogP contribution in [-0.2, 0) is 51.3 Å². The van der Waals surface area contributed by atoms with E-state index >= 15 is 0 Å². The van der Waals surface area contributed by atoms with Crippen molar-refractivity contribution >= 4 is 72.8 Å². The van der Waals surface area contributed by atoms with E-state index in [4.69, 9.17) is 18.9 Å². The molecular weight excluding hydrogens is 946 g/mol. The van der Waals surface area contributed by atoms with E-state index in [0.717, 1.165) is 101 Å². The molecule has 0 heterocycles. The van der Waals surface area contributed by atoms with Gasteiger partial charge in [-0.05, 0) is 62.5 Å². The summed E-state index contributed by atoms with van der Waals surface area (Å²) >= 11 is 0. The molecule has 11 heteroatoms. The quantitative estimate of drug-likeness (QED) is 0.0358. The molecular formula is C54H86BaO10. The van der Waals surface area contributed by atoms with Crippen molar-refractivity contribution in [1.29, 1.82) is 0 Å². The first kappa shape index (κ1) is 62.8. The Bertz CT molecular complexity index is 1320. The minimum atomic E-state index is -0.936. The maximum Gasteiger partial charge on any atom is 2.00 e. The van der Waals surface area contributed by atoms with E-state index in [9.17, 15) is 29.4 Å². The SMILES string of the molecule is CCC(CC(CCCCCCCCCCCCC(=O)[O-])OCc1ccccc1)OC(C)=O.CCC(CC(CCCCCCCCCCCCC(=O)[O-])OCc1ccccc1)OC(C)=O.[Ba+2]. The molecule has 2 aromatic rings. The van der Waals surface area contributed by atoms with Crippen LogP contribution in [0.1, 0.15) is 219 Å².